The van der Waals surface area contributed by atoms with E-state index in [1.807, 2.05) is 16.0 Å². The molecule has 15 amide bonds. The minimum absolute atomic E-state index is 0.0301. The number of aromatic nitrogens is 1. The van der Waals surface area contributed by atoms with Crippen molar-refractivity contribution in [2.75, 3.05) is 44.3 Å². The Bertz CT molecular complexity index is 4600. The van der Waals surface area contributed by atoms with Gasteiger partial charge in [-0.25, -0.2) is 4.79 Å². The highest BCUT2D eigenvalue weighted by atomic mass is 16.5. The molecule has 3 aromatic carbocycles. The van der Waals surface area contributed by atoms with E-state index in [1.54, 1.807) is 48.7 Å². The third-order valence-corrected chi connectivity index (χ3v) is 19.6. The number of nitrogens with two attached hydrogens (primary N) is 2. The lowest BCUT2D eigenvalue weighted by molar-refractivity contribution is -0.156. The van der Waals surface area contributed by atoms with Crippen molar-refractivity contribution in [2.45, 2.75) is 209 Å². The largest absolute Gasteiger partial charge is 0.481 e. The highest BCUT2D eigenvalue weighted by Crippen LogP contribution is 2.22. The van der Waals surface area contributed by atoms with Gasteiger partial charge in [-0.2, -0.15) is 0 Å². The van der Waals surface area contributed by atoms with E-state index in [2.05, 4.69) is 75.7 Å². The fraction of sp³-hybridized carbons (Fsp3) is 0.487. The van der Waals surface area contributed by atoms with E-state index < -0.39 is 267 Å². The van der Waals surface area contributed by atoms with Gasteiger partial charge in [0.15, 0.2) is 5.78 Å². The Kier molecular flexibility index (Phi) is 41.3. The summed E-state index contributed by atoms with van der Waals surface area (Å²) in [7, 11) is 1.54. The van der Waals surface area contributed by atoms with Gasteiger partial charge in [0, 0.05) is 66.9 Å². The van der Waals surface area contributed by atoms with Crippen LogP contribution in [-0.4, -0.2) is 261 Å². The number of benzene rings is 3. The van der Waals surface area contributed by atoms with Gasteiger partial charge in [-0.05, 0) is 74.9 Å². The molecule has 1 fully saturated rings. The maximum atomic E-state index is 15.0. The van der Waals surface area contributed by atoms with Gasteiger partial charge in [-0.15, -0.1) is 0 Å². The minimum Gasteiger partial charge on any atom is -0.481 e. The number of aliphatic hydroxyl groups is 1. The number of carboxylic acids is 4. The standard InChI is InChI=1S/C80H108N18O27/c1-6-7-8-9-10-11-12-27-60(102)90-51(30-43-36-85-49-25-18-14-20-44(43)49)74(118)93-52(32-59(82)101)75(119)95-55(35-66(111)112)76(120)98-68-42(4)125-80(124)56(31-58(100)45-21-13-16-23-47(45)81)96-79(123)67(40(2)29-63(105)106)97-77(121)57(39-99)91-62(104)37-86-71(115)53(33-64(107)108)92-69(113)41(3)88-73(117)54(34-65(109)110)94-72(116)50(89-61(103)38-87-78(68)122)26-19-28-84-70(114)46-22-15-17-24-48(46)83-5/h13-18,20-25,36,40-42,50-57,67-68,83,85,99H,6-12,19,26-35,37-39,81H2,1-5H3,(H2,82,101)(H,84,114)(H,86,115)(H,87,122)(H,88,117)(H,89,103)(H,90,102)(H,91,104)(H,92,113)(H,93,118)(H,94,116)(H,95,119)(H,96,123)(H,97,121)(H,98,120)(H,105,106)(H,107,108)(H,109,110)(H,111,112)/t40-,41-,42?,50+,51+,52+,53+,54?,55+,56+,57-,67?,68?/m1/s1. The van der Waals surface area contributed by atoms with Gasteiger partial charge in [-0.3, -0.25) is 95.9 Å². The number of aliphatic carboxylic acids is 4. The zero-order valence-corrected chi connectivity index (χ0v) is 69.2. The average Bonchev–Trinajstić information content (AvgIpc) is 1.64. The molecule has 1 saturated heterocycles. The number of rotatable bonds is 38. The Morgan fingerprint density at radius 2 is 1.08 bits per heavy atom. The first-order valence-corrected chi connectivity index (χ1v) is 40.1. The van der Waals surface area contributed by atoms with Crippen molar-refractivity contribution in [3.05, 3.63) is 95.7 Å². The second kappa shape index (κ2) is 50.9. The SMILES string of the molecule is CCCCCCCCCC(=O)N[C@@H](Cc1c[nH]c2ccccc12)C(=O)N[C@@H](CC(N)=O)C(=O)N[C@@H](CC(=O)O)C(=O)NC1C(=O)NCC(=O)N[C@@H](CCCNC(=O)c2ccccc2NC)C(=O)NC(CC(=O)O)C(=O)N[C@H](C)C(=O)N[C@@H](CC(=O)O)C(=O)NCC(=O)N[C@H](CO)C(=O)NC([C@H](C)CC(=O)O)C(=O)N[C@@H](CC(=O)c2ccccc2N)C(=O)OC1C. The van der Waals surface area contributed by atoms with Crippen LogP contribution in [0.3, 0.4) is 0 Å². The maximum Gasteiger partial charge on any atom is 0.329 e. The van der Waals surface area contributed by atoms with Gasteiger partial charge in [0.1, 0.15) is 72.6 Å². The molecule has 0 bridgehead atoms. The number of anilines is 2. The lowest BCUT2D eigenvalue weighted by Gasteiger charge is -2.30. The molecule has 680 valence electrons. The van der Waals surface area contributed by atoms with Gasteiger partial charge >= 0.3 is 29.8 Å². The molecule has 45 nitrogen and oxygen atoms in total. The summed E-state index contributed by atoms with van der Waals surface area (Å²) in [6.07, 6.45) is -2.89. The average molecular weight is 1750 g/mol. The number of cyclic esters (lactones) is 1. The lowest BCUT2D eigenvalue weighted by atomic mass is 9.96. The normalized spacial score (nSPS) is 20.3. The third kappa shape index (κ3) is 34.0. The quantitative estimate of drug-likeness (QED) is 0.00877. The second-order valence-electron chi connectivity index (χ2n) is 29.5. The summed E-state index contributed by atoms with van der Waals surface area (Å²) in [6.45, 7) is 0.890. The number of amides is 15. The number of nitrogens with one attached hydrogen (secondary N) is 16. The van der Waals surface area contributed by atoms with Crippen LogP contribution in [0.15, 0.2) is 79.0 Å². The summed E-state index contributed by atoms with van der Waals surface area (Å²) in [5.41, 5.74) is 12.9. The summed E-state index contributed by atoms with van der Waals surface area (Å²) in [6, 6.07) is -4.81. The molecule has 0 saturated carbocycles. The summed E-state index contributed by atoms with van der Waals surface area (Å²) in [5.74, 6) is -30.9. The molecule has 4 unspecified atom stereocenters. The molecule has 2 heterocycles. The molecule has 0 radical (unpaired) electrons. The summed E-state index contributed by atoms with van der Waals surface area (Å²) in [4.78, 5) is 293. The van der Waals surface area contributed by atoms with E-state index in [4.69, 9.17) is 16.2 Å². The number of fused-ring (bicyclic) bond motifs is 1. The predicted molar refractivity (Wildman–Crippen MR) is 440 cm³/mol. The Morgan fingerprint density at radius 3 is 1.70 bits per heavy atom. The van der Waals surface area contributed by atoms with Crippen molar-refractivity contribution < 1.29 is 131 Å². The summed E-state index contributed by atoms with van der Waals surface area (Å²) in [5, 5.41) is 84.7. The van der Waals surface area contributed by atoms with Crippen LogP contribution in [0.4, 0.5) is 11.4 Å². The van der Waals surface area contributed by atoms with Crippen LogP contribution in [0.2, 0.25) is 0 Å². The Hall–Kier alpha value is -14.2. The molecular weight excluding hydrogens is 1640 g/mol. The van der Waals surface area contributed by atoms with E-state index in [0.29, 0.717) is 35.0 Å². The van der Waals surface area contributed by atoms with Crippen LogP contribution >= 0.6 is 0 Å². The molecule has 1 aliphatic rings. The highest BCUT2D eigenvalue weighted by Gasteiger charge is 2.41. The van der Waals surface area contributed by atoms with E-state index in [9.17, 15) is 126 Å². The smallest absolute Gasteiger partial charge is 0.329 e. The maximum absolute atomic E-state index is 15.0. The van der Waals surface area contributed by atoms with Crippen molar-refractivity contribution in [3.8, 4) is 0 Å². The number of ketones is 1. The number of carboxylic acid groups (broad SMARTS) is 4. The Morgan fingerprint density at radius 1 is 0.536 bits per heavy atom. The number of unbranched alkanes of at least 4 members (excludes halogenated alkanes) is 6. The zero-order chi connectivity index (χ0) is 92.7. The van der Waals surface area contributed by atoms with E-state index in [-0.39, 0.29) is 42.6 Å². The van der Waals surface area contributed by atoms with Crippen molar-refractivity contribution in [1.29, 1.82) is 0 Å². The number of hydrogen-bond donors (Lipinski definition) is 23. The summed E-state index contributed by atoms with van der Waals surface area (Å²) >= 11 is 0. The van der Waals surface area contributed by atoms with Gasteiger partial charge in [-0.1, -0.05) is 94.8 Å². The van der Waals surface area contributed by atoms with Crippen LogP contribution in [-0.2, 0) is 102 Å². The van der Waals surface area contributed by atoms with Crippen molar-refractivity contribution >= 4 is 147 Å². The van der Waals surface area contributed by atoms with Gasteiger partial charge < -0.3 is 126 Å². The Labute approximate surface area is 715 Å². The fourth-order valence-corrected chi connectivity index (χ4v) is 12.9. The van der Waals surface area contributed by atoms with E-state index >= 15 is 0 Å². The molecule has 125 heavy (non-hydrogen) atoms. The van der Waals surface area contributed by atoms with Gasteiger partial charge in [0.2, 0.25) is 82.7 Å². The van der Waals surface area contributed by atoms with Crippen LogP contribution in [0.25, 0.3) is 10.9 Å². The van der Waals surface area contributed by atoms with Crippen LogP contribution in [0, 0.1) is 5.92 Å². The molecule has 1 aromatic heterocycles. The number of aromatic amines is 1. The Balaban J connectivity index is 1.64. The second-order valence-corrected chi connectivity index (χ2v) is 29.5. The number of para-hydroxylation sites is 3. The predicted octanol–water partition coefficient (Wildman–Crippen LogP) is -4.11. The first-order chi connectivity index (χ1) is 59.2. The van der Waals surface area contributed by atoms with E-state index in [1.165, 1.54) is 37.4 Å². The van der Waals surface area contributed by atoms with Gasteiger partial charge in [0.25, 0.3) is 5.91 Å². The van der Waals surface area contributed by atoms with Crippen molar-refractivity contribution in [1.82, 2.24) is 79.4 Å². The number of aliphatic hydroxyl groups excluding tert-OH is 1. The molecule has 0 aliphatic carbocycles. The van der Waals surface area contributed by atoms with Crippen LogP contribution in [0.1, 0.15) is 157 Å². The molecule has 45 heteroatoms. The number of esters is 1. The number of carbonyl (C=O) groups excluding carboxylic acids is 17. The van der Waals surface area contributed by atoms with Crippen LogP contribution < -0.4 is 91.2 Å². The topological polar surface area (TPSA) is 717 Å². The number of nitrogen functional groups attached to an aromatic ring is 1. The number of ether oxygens (including phenoxy) is 1. The number of H-pyrrole nitrogens is 1. The number of hydrogen-bond acceptors (Lipinski definition) is 25. The molecule has 5 rings (SSSR count). The molecule has 4 aromatic rings. The number of carbonyl (C=O) groups is 21. The van der Waals surface area contributed by atoms with Gasteiger partial charge in [0.05, 0.1) is 57.4 Å². The highest BCUT2D eigenvalue weighted by molar-refractivity contribution is 6.06. The third-order valence-electron chi connectivity index (χ3n) is 19.6. The zero-order valence-electron chi connectivity index (χ0n) is 69.2. The summed E-state index contributed by atoms with van der Waals surface area (Å²) < 4.78 is 5.73. The number of Topliss-reactive ketones (excluding diaryl/α,β-unsaturated/α-hetero) is 1. The van der Waals surface area contributed by atoms with Crippen LogP contribution in [0.5, 0.6) is 0 Å². The molecule has 0 spiro atoms. The fourth-order valence-electron chi connectivity index (χ4n) is 12.9. The van der Waals surface area contributed by atoms with Crippen molar-refractivity contribution in [3.63, 3.8) is 0 Å². The molecular formula is C80H108N18O27. The van der Waals surface area contributed by atoms with E-state index in [0.717, 1.165) is 52.9 Å². The lowest BCUT2D eigenvalue weighted by Crippen LogP contribution is -2.62. The number of primary amides is 1. The molecule has 1 aliphatic heterocycles. The first-order valence-electron chi connectivity index (χ1n) is 40.1. The monoisotopic (exact) mass is 1750 g/mol. The molecule has 13 atom stereocenters. The first kappa shape index (κ1) is 101. The molecule has 25 N–H and O–H groups in total. The minimum atomic E-state index is -2.50. The van der Waals surface area contributed by atoms with Crippen molar-refractivity contribution in [2.24, 2.45) is 11.7 Å².